The molecule has 0 spiro atoms. The van der Waals surface area contributed by atoms with Gasteiger partial charge in [0.15, 0.2) is 0 Å². The summed E-state index contributed by atoms with van der Waals surface area (Å²) >= 11 is 4.78. The Morgan fingerprint density at radius 2 is 2.06 bits per heavy atom. The molecule has 1 heterocycles. The number of hydrogen-bond donors (Lipinski definition) is 0. The smallest absolute Gasteiger partial charge is 0.207 e. The summed E-state index contributed by atoms with van der Waals surface area (Å²) in [5, 5.41) is 0. The molecule has 1 aromatic heterocycles. The van der Waals surface area contributed by atoms with Gasteiger partial charge in [-0.15, -0.1) is 11.3 Å². The van der Waals surface area contributed by atoms with Gasteiger partial charge >= 0.3 is 0 Å². The molecule has 1 aromatic rings. The Morgan fingerprint density at radius 1 is 1.41 bits per heavy atom. The van der Waals surface area contributed by atoms with Crippen LogP contribution in [0.2, 0.25) is 0 Å². The topological polar surface area (TPSA) is 37.4 Å². The van der Waals surface area contributed by atoms with Crippen LogP contribution in [0.3, 0.4) is 0 Å². The molecule has 0 aliphatic carbocycles. The first-order valence-electron chi connectivity index (χ1n) is 5.62. The quantitative estimate of drug-likeness (QED) is 0.742. The molecule has 0 unspecified atom stereocenters. The summed E-state index contributed by atoms with van der Waals surface area (Å²) < 4.78 is 26.9. The average Bonchev–Trinajstić information content (AvgIpc) is 2.58. The Bertz CT molecular complexity index is 468. The van der Waals surface area contributed by atoms with E-state index in [1.165, 1.54) is 15.6 Å². The maximum absolute atomic E-state index is 12.3. The zero-order valence-corrected chi connectivity index (χ0v) is 13.6. The molecule has 3 nitrogen and oxygen atoms in total. The van der Waals surface area contributed by atoms with Crippen LogP contribution < -0.4 is 0 Å². The number of sulfonamides is 1. The highest BCUT2D eigenvalue weighted by Crippen LogP contribution is 2.31. The standard InChI is InChI=1S/C11H18BrNO2S2/c1-4-5-6-7-13(3)17(14,15)10-8-11(12)16-9(10)2/h8H,4-7H2,1-3H3. The van der Waals surface area contributed by atoms with Gasteiger partial charge in [-0.2, -0.15) is 0 Å². The normalized spacial score (nSPS) is 12.3. The molecule has 6 heteroatoms. The van der Waals surface area contributed by atoms with Crippen LogP contribution in [0.5, 0.6) is 0 Å². The van der Waals surface area contributed by atoms with E-state index in [4.69, 9.17) is 0 Å². The lowest BCUT2D eigenvalue weighted by Crippen LogP contribution is -2.28. The fourth-order valence-electron chi connectivity index (χ4n) is 1.56. The summed E-state index contributed by atoms with van der Waals surface area (Å²) in [5.74, 6) is 0. The number of thiophene rings is 1. The lowest BCUT2D eigenvalue weighted by molar-refractivity contribution is 0.454. The van der Waals surface area contributed by atoms with Gasteiger partial charge in [-0.05, 0) is 35.3 Å². The van der Waals surface area contributed by atoms with Crippen molar-refractivity contribution in [3.63, 3.8) is 0 Å². The van der Waals surface area contributed by atoms with E-state index in [1.54, 1.807) is 13.1 Å². The number of hydrogen-bond acceptors (Lipinski definition) is 3. The predicted octanol–water partition coefficient (Wildman–Crippen LogP) is 3.63. The van der Waals surface area contributed by atoms with Crippen molar-refractivity contribution >= 4 is 37.3 Å². The first kappa shape index (κ1) is 15.1. The third kappa shape index (κ3) is 3.77. The Balaban J connectivity index is 2.84. The van der Waals surface area contributed by atoms with Gasteiger partial charge in [0.25, 0.3) is 0 Å². The van der Waals surface area contributed by atoms with Crippen LogP contribution in [0.25, 0.3) is 0 Å². The molecule has 1 rings (SSSR count). The maximum atomic E-state index is 12.3. The first-order valence-corrected chi connectivity index (χ1v) is 8.66. The van der Waals surface area contributed by atoms with Gasteiger partial charge in [0.05, 0.1) is 8.68 Å². The molecule has 0 saturated heterocycles. The van der Waals surface area contributed by atoms with E-state index >= 15 is 0 Å². The Morgan fingerprint density at radius 3 is 2.53 bits per heavy atom. The Labute approximate surface area is 116 Å². The van der Waals surface area contributed by atoms with Crippen molar-refractivity contribution in [1.82, 2.24) is 4.31 Å². The minimum Gasteiger partial charge on any atom is -0.207 e. The average molecular weight is 340 g/mol. The largest absolute Gasteiger partial charge is 0.243 e. The van der Waals surface area contributed by atoms with Gasteiger partial charge in [-0.3, -0.25) is 0 Å². The van der Waals surface area contributed by atoms with Crippen LogP contribution in [-0.2, 0) is 10.0 Å². The van der Waals surface area contributed by atoms with E-state index in [-0.39, 0.29) is 0 Å². The molecule has 0 atom stereocenters. The second-order valence-electron chi connectivity index (χ2n) is 4.00. The lowest BCUT2D eigenvalue weighted by atomic mass is 10.2. The van der Waals surface area contributed by atoms with Crippen LogP contribution in [-0.4, -0.2) is 26.3 Å². The monoisotopic (exact) mass is 339 g/mol. The van der Waals surface area contributed by atoms with Crippen molar-refractivity contribution in [1.29, 1.82) is 0 Å². The summed E-state index contributed by atoms with van der Waals surface area (Å²) in [7, 11) is -1.67. The van der Waals surface area contributed by atoms with Crippen LogP contribution in [0, 0.1) is 6.92 Å². The van der Waals surface area contributed by atoms with Gasteiger partial charge in [-0.25, -0.2) is 12.7 Å². The number of unbranched alkanes of at least 4 members (excludes halogenated alkanes) is 2. The van der Waals surface area contributed by atoms with Crippen molar-refractivity contribution in [2.24, 2.45) is 0 Å². The van der Waals surface area contributed by atoms with Crippen LogP contribution in [0.1, 0.15) is 31.1 Å². The number of aryl methyl sites for hydroxylation is 1. The van der Waals surface area contributed by atoms with Crippen molar-refractivity contribution in [2.45, 2.75) is 38.0 Å². The van der Waals surface area contributed by atoms with Crippen LogP contribution >= 0.6 is 27.3 Å². The molecular weight excluding hydrogens is 322 g/mol. The number of rotatable bonds is 6. The molecule has 0 saturated carbocycles. The molecule has 0 aliphatic rings. The van der Waals surface area contributed by atoms with E-state index in [9.17, 15) is 8.42 Å². The second-order valence-corrected chi connectivity index (χ2v) is 8.65. The van der Waals surface area contributed by atoms with E-state index in [1.807, 2.05) is 6.92 Å². The fourth-order valence-corrected chi connectivity index (χ4v) is 5.15. The Kier molecular flexibility index (Phi) is 5.63. The minimum absolute atomic E-state index is 0.424. The third-order valence-electron chi connectivity index (χ3n) is 2.61. The zero-order chi connectivity index (χ0) is 13.1. The summed E-state index contributed by atoms with van der Waals surface area (Å²) in [6.07, 6.45) is 3.07. The lowest BCUT2D eigenvalue weighted by Gasteiger charge is -2.16. The highest BCUT2D eigenvalue weighted by Gasteiger charge is 2.24. The summed E-state index contributed by atoms with van der Waals surface area (Å²) in [4.78, 5) is 1.26. The summed E-state index contributed by atoms with van der Waals surface area (Å²) in [6.45, 7) is 4.53. The molecule has 0 bridgehead atoms. The molecule has 0 fully saturated rings. The highest BCUT2D eigenvalue weighted by atomic mass is 79.9. The molecule has 0 amide bonds. The van der Waals surface area contributed by atoms with E-state index in [0.29, 0.717) is 11.4 Å². The highest BCUT2D eigenvalue weighted by molar-refractivity contribution is 9.11. The van der Waals surface area contributed by atoms with Gasteiger partial charge < -0.3 is 0 Å². The van der Waals surface area contributed by atoms with Gasteiger partial charge in [-0.1, -0.05) is 19.8 Å². The maximum Gasteiger partial charge on any atom is 0.243 e. The third-order valence-corrected chi connectivity index (χ3v) is 6.27. The summed E-state index contributed by atoms with van der Waals surface area (Å²) in [5.41, 5.74) is 0. The van der Waals surface area contributed by atoms with Crippen LogP contribution in [0.4, 0.5) is 0 Å². The van der Waals surface area contributed by atoms with Crippen molar-refractivity contribution in [2.75, 3.05) is 13.6 Å². The first-order chi connectivity index (χ1) is 7.89. The van der Waals surface area contributed by atoms with Crippen molar-refractivity contribution in [3.8, 4) is 0 Å². The number of nitrogens with zero attached hydrogens (tertiary/aromatic N) is 1. The molecular formula is C11H18BrNO2S2. The SMILES string of the molecule is CCCCCN(C)S(=O)(=O)c1cc(Br)sc1C. The van der Waals surface area contributed by atoms with E-state index in [2.05, 4.69) is 22.9 Å². The van der Waals surface area contributed by atoms with E-state index in [0.717, 1.165) is 27.9 Å². The van der Waals surface area contributed by atoms with Crippen molar-refractivity contribution in [3.05, 3.63) is 14.7 Å². The van der Waals surface area contributed by atoms with E-state index < -0.39 is 10.0 Å². The molecule has 17 heavy (non-hydrogen) atoms. The van der Waals surface area contributed by atoms with Gasteiger partial charge in [0.2, 0.25) is 10.0 Å². The van der Waals surface area contributed by atoms with Gasteiger partial charge in [0.1, 0.15) is 0 Å². The summed E-state index contributed by atoms with van der Waals surface area (Å²) in [6, 6.07) is 1.69. The second kappa shape index (κ2) is 6.31. The predicted molar refractivity (Wildman–Crippen MR) is 76.1 cm³/mol. The molecule has 0 aliphatic heterocycles. The minimum atomic E-state index is -3.32. The van der Waals surface area contributed by atoms with Crippen molar-refractivity contribution < 1.29 is 8.42 Å². The number of halogens is 1. The molecule has 98 valence electrons. The van der Waals surface area contributed by atoms with Gasteiger partial charge in [0, 0.05) is 18.5 Å². The van der Waals surface area contributed by atoms with Crippen LogP contribution in [0.15, 0.2) is 14.7 Å². The molecule has 0 N–H and O–H groups in total. The molecule has 0 aromatic carbocycles. The Hall–Kier alpha value is 0.0900. The molecule has 0 radical (unpaired) electrons. The zero-order valence-electron chi connectivity index (χ0n) is 10.4. The fraction of sp³-hybridized carbons (Fsp3) is 0.636.